The van der Waals surface area contributed by atoms with Crippen LogP contribution in [0.3, 0.4) is 0 Å². The van der Waals surface area contributed by atoms with Crippen LogP contribution in [0.15, 0.2) is 73.3 Å². The smallest absolute Gasteiger partial charge is 0.417 e. The second-order valence-corrected chi connectivity index (χ2v) is 6.12. The van der Waals surface area contributed by atoms with E-state index in [-0.39, 0.29) is 18.6 Å². The van der Waals surface area contributed by atoms with E-state index in [1.165, 1.54) is 4.90 Å². The molecule has 2 aromatic rings. The fourth-order valence-corrected chi connectivity index (χ4v) is 3.17. The summed E-state index contributed by atoms with van der Waals surface area (Å²) >= 11 is 0. The number of carbonyl (C=O) groups is 2. The van der Waals surface area contributed by atoms with Gasteiger partial charge in [-0.25, -0.2) is 9.69 Å². The summed E-state index contributed by atoms with van der Waals surface area (Å²) in [4.78, 5) is 26.6. The van der Waals surface area contributed by atoms with Gasteiger partial charge in [-0.3, -0.25) is 4.79 Å². The van der Waals surface area contributed by atoms with Gasteiger partial charge in [-0.05, 0) is 24.0 Å². The minimum absolute atomic E-state index is 0.227. The Morgan fingerprint density at radius 1 is 1.16 bits per heavy atom. The predicted molar refractivity (Wildman–Crippen MR) is 96.1 cm³/mol. The number of amides is 2. The summed E-state index contributed by atoms with van der Waals surface area (Å²) in [6.07, 6.45) is 2.22. The maximum Gasteiger partial charge on any atom is 0.417 e. The van der Waals surface area contributed by atoms with E-state index in [1.807, 2.05) is 60.7 Å². The number of ether oxygens (including phenoxy) is 1. The lowest BCUT2D eigenvalue weighted by Gasteiger charge is -2.24. The molecule has 0 bridgehead atoms. The van der Waals surface area contributed by atoms with E-state index in [0.717, 1.165) is 11.1 Å². The van der Waals surface area contributed by atoms with Crippen LogP contribution in [-0.4, -0.2) is 29.5 Å². The minimum Gasteiger partial charge on any atom is -0.447 e. The molecule has 128 valence electrons. The van der Waals surface area contributed by atoms with Crippen LogP contribution in [0, 0.1) is 0 Å². The molecule has 0 spiro atoms. The van der Waals surface area contributed by atoms with E-state index >= 15 is 0 Å². The summed E-state index contributed by atoms with van der Waals surface area (Å²) in [6, 6.07) is 19.0. The molecule has 0 saturated carbocycles. The Morgan fingerprint density at radius 3 is 2.44 bits per heavy atom. The van der Waals surface area contributed by atoms with E-state index in [0.29, 0.717) is 12.8 Å². The molecule has 1 heterocycles. The zero-order chi connectivity index (χ0) is 17.6. The van der Waals surface area contributed by atoms with E-state index < -0.39 is 12.0 Å². The maximum absolute atomic E-state index is 13.1. The standard InChI is InChI=1S/C21H21NO3/c1-2-9-19(17-12-7-4-8-13-17)20(23)22-18(15-25-21(22)24)14-16-10-5-3-6-11-16/h2-8,10-13,18-19H,1,9,14-15H2/t18-,19-/m0/s1. The predicted octanol–water partition coefficient (Wildman–Crippen LogP) is 3.94. The summed E-state index contributed by atoms with van der Waals surface area (Å²) in [5.41, 5.74) is 1.95. The monoisotopic (exact) mass is 335 g/mol. The van der Waals surface area contributed by atoms with Crippen molar-refractivity contribution in [2.75, 3.05) is 6.61 Å². The normalized spacial score (nSPS) is 17.8. The molecule has 1 aliphatic rings. The Labute approximate surface area is 147 Å². The van der Waals surface area contributed by atoms with Gasteiger partial charge in [0.2, 0.25) is 5.91 Å². The van der Waals surface area contributed by atoms with Crippen molar-refractivity contribution < 1.29 is 14.3 Å². The van der Waals surface area contributed by atoms with Crippen LogP contribution < -0.4 is 0 Å². The SMILES string of the molecule is C=CC[C@H](C(=O)N1C(=O)OC[C@@H]1Cc1ccccc1)c1ccccc1. The van der Waals surface area contributed by atoms with Gasteiger partial charge in [0, 0.05) is 0 Å². The number of rotatable bonds is 6. The molecule has 1 fully saturated rings. The second kappa shape index (κ2) is 7.79. The molecule has 0 N–H and O–H groups in total. The number of hydrogen-bond donors (Lipinski definition) is 0. The molecule has 0 radical (unpaired) electrons. The van der Waals surface area contributed by atoms with Crippen molar-refractivity contribution in [3.63, 3.8) is 0 Å². The first-order valence-corrected chi connectivity index (χ1v) is 8.40. The van der Waals surface area contributed by atoms with Gasteiger partial charge in [0.15, 0.2) is 0 Å². The number of carbonyl (C=O) groups excluding carboxylic acids is 2. The summed E-state index contributed by atoms with van der Waals surface area (Å²) in [7, 11) is 0. The number of nitrogens with zero attached hydrogens (tertiary/aromatic N) is 1. The molecule has 1 aliphatic heterocycles. The van der Waals surface area contributed by atoms with Crippen molar-refractivity contribution >= 4 is 12.0 Å². The van der Waals surface area contributed by atoms with Crippen molar-refractivity contribution in [2.24, 2.45) is 0 Å². The first-order chi connectivity index (χ1) is 12.2. The topological polar surface area (TPSA) is 46.6 Å². The first-order valence-electron chi connectivity index (χ1n) is 8.40. The molecule has 2 aromatic carbocycles. The Kier molecular flexibility index (Phi) is 5.29. The Morgan fingerprint density at radius 2 is 1.80 bits per heavy atom. The highest BCUT2D eigenvalue weighted by Gasteiger charge is 2.40. The van der Waals surface area contributed by atoms with Gasteiger partial charge in [-0.2, -0.15) is 0 Å². The molecule has 1 saturated heterocycles. The fourth-order valence-electron chi connectivity index (χ4n) is 3.17. The van der Waals surface area contributed by atoms with Crippen LogP contribution in [0.5, 0.6) is 0 Å². The van der Waals surface area contributed by atoms with E-state index in [9.17, 15) is 9.59 Å². The van der Waals surface area contributed by atoms with Crippen molar-refractivity contribution in [3.05, 3.63) is 84.4 Å². The molecule has 0 aliphatic carbocycles. The second-order valence-electron chi connectivity index (χ2n) is 6.12. The van der Waals surface area contributed by atoms with E-state index in [1.54, 1.807) is 6.08 Å². The quantitative estimate of drug-likeness (QED) is 0.751. The lowest BCUT2D eigenvalue weighted by molar-refractivity contribution is -0.130. The molecule has 4 heteroatoms. The highest BCUT2D eigenvalue weighted by Crippen LogP contribution is 2.27. The van der Waals surface area contributed by atoms with Gasteiger partial charge in [-0.1, -0.05) is 66.7 Å². The lowest BCUT2D eigenvalue weighted by atomic mass is 9.93. The first kappa shape index (κ1) is 17.0. The third-order valence-corrected chi connectivity index (χ3v) is 4.42. The number of allylic oxidation sites excluding steroid dienone is 1. The van der Waals surface area contributed by atoms with Crippen LogP contribution in [-0.2, 0) is 16.0 Å². The average molecular weight is 335 g/mol. The number of imide groups is 1. The third kappa shape index (κ3) is 3.79. The van der Waals surface area contributed by atoms with Gasteiger partial charge >= 0.3 is 6.09 Å². The van der Waals surface area contributed by atoms with Crippen LogP contribution in [0.2, 0.25) is 0 Å². The van der Waals surface area contributed by atoms with E-state index in [2.05, 4.69) is 6.58 Å². The highest BCUT2D eigenvalue weighted by atomic mass is 16.6. The number of cyclic esters (lactones) is 1. The molecule has 2 atom stereocenters. The highest BCUT2D eigenvalue weighted by molar-refractivity contribution is 5.97. The van der Waals surface area contributed by atoms with Crippen molar-refractivity contribution in [3.8, 4) is 0 Å². The minimum atomic E-state index is -0.559. The van der Waals surface area contributed by atoms with Gasteiger partial charge in [-0.15, -0.1) is 6.58 Å². The zero-order valence-electron chi connectivity index (χ0n) is 14.0. The van der Waals surface area contributed by atoms with Crippen LogP contribution in [0.4, 0.5) is 4.79 Å². The molecular weight excluding hydrogens is 314 g/mol. The molecule has 0 unspecified atom stereocenters. The Bertz CT molecular complexity index is 742. The third-order valence-electron chi connectivity index (χ3n) is 4.42. The molecule has 0 aromatic heterocycles. The molecule has 2 amide bonds. The van der Waals surface area contributed by atoms with Crippen molar-refractivity contribution in [1.29, 1.82) is 0 Å². The van der Waals surface area contributed by atoms with Gasteiger partial charge in [0.1, 0.15) is 6.61 Å². The summed E-state index contributed by atoms with van der Waals surface area (Å²) in [5, 5.41) is 0. The fraction of sp³-hybridized carbons (Fsp3) is 0.238. The zero-order valence-corrected chi connectivity index (χ0v) is 14.0. The maximum atomic E-state index is 13.1. The summed E-state index contributed by atoms with van der Waals surface area (Å²) in [5.74, 6) is -0.655. The Hall–Kier alpha value is -2.88. The van der Waals surface area contributed by atoms with E-state index in [4.69, 9.17) is 4.74 Å². The molecule has 3 rings (SSSR count). The van der Waals surface area contributed by atoms with Crippen LogP contribution >= 0.6 is 0 Å². The summed E-state index contributed by atoms with van der Waals surface area (Å²) in [6.45, 7) is 3.99. The summed E-state index contributed by atoms with van der Waals surface area (Å²) < 4.78 is 5.18. The Balaban J connectivity index is 1.84. The van der Waals surface area contributed by atoms with Gasteiger partial charge in [0.05, 0.1) is 12.0 Å². The molecule has 25 heavy (non-hydrogen) atoms. The molecular formula is C21H21NO3. The number of benzene rings is 2. The lowest BCUT2D eigenvalue weighted by Crippen LogP contribution is -2.42. The van der Waals surface area contributed by atoms with Crippen molar-refractivity contribution in [2.45, 2.75) is 24.8 Å². The average Bonchev–Trinajstić information content (AvgIpc) is 3.01. The van der Waals surface area contributed by atoms with Gasteiger partial charge < -0.3 is 4.74 Å². The van der Waals surface area contributed by atoms with Crippen LogP contribution in [0.25, 0.3) is 0 Å². The largest absolute Gasteiger partial charge is 0.447 e. The van der Waals surface area contributed by atoms with Crippen molar-refractivity contribution in [1.82, 2.24) is 4.90 Å². The van der Waals surface area contributed by atoms with Gasteiger partial charge in [0.25, 0.3) is 0 Å². The molecule has 4 nitrogen and oxygen atoms in total. The van der Waals surface area contributed by atoms with Crippen LogP contribution in [0.1, 0.15) is 23.5 Å². The number of hydrogen-bond acceptors (Lipinski definition) is 3.